The molecule has 0 aromatic rings. The summed E-state index contributed by atoms with van der Waals surface area (Å²) >= 11 is 0. The molecule has 70 valence electrons. The Bertz CT molecular complexity index is 181. The fraction of sp³-hybridized carbons (Fsp3) is 0.889. The monoisotopic (exact) mass is 172 g/mol. The first-order chi connectivity index (χ1) is 5.39. The third kappa shape index (κ3) is 2.21. The van der Waals surface area contributed by atoms with E-state index in [-0.39, 0.29) is 17.3 Å². The molecule has 0 bridgehead atoms. The number of ether oxygens (including phenoxy) is 1. The van der Waals surface area contributed by atoms with Crippen LogP contribution < -0.4 is 0 Å². The predicted octanol–water partition coefficient (Wildman–Crippen LogP) is 1.30. The van der Waals surface area contributed by atoms with Gasteiger partial charge in [-0.2, -0.15) is 0 Å². The van der Waals surface area contributed by atoms with E-state index in [9.17, 15) is 9.90 Å². The average molecular weight is 172 g/mol. The zero-order valence-electron chi connectivity index (χ0n) is 7.83. The van der Waals surface area contributed by atoms with Gasteiger partial charge in [0.2, 0.25) is 6.29 Å². The van der Waals surface area contributed by atoms with Crippen molar-refractivity contribution in [2.75, 3.05) is 0 Å². The fourth-order valence-corrected chi connectivity index (χ4v) is 1.44. The van der Waals surface area contributed by atoms with Crippen LogP contribution in [0.4, 0.5) is 0 Å². The molecule has 1 N–H and O–H groups in total. The lowest BCUT2D eigenvalue weighted by Crippen LogP contribution is -2.35. The van der Waals surface area contributed by atoms with Crippen LogP contribution in [-0.2, 0) is 9.53 Å². The van der Waals surface area contributed by atoms with Gasteiger partial charge in [-0.25, -0.2) is 0 Å². The minimum absolute atomic E-state index is 0.0699. The molecule has 1 aliphatic heterocycles. The van der Waals surface area contributed by atoms with Gasteiger partial charge in [0.25, 0.3) is 0 Å². The van der Waals surface area contributed by atoms with Gasteiger partial charge in [-0.15, -0.1) is 0 Å². The van der Waals surface area contributed by atoms with E-state index >= 15 is 0 Å². The maximum atomic E-state index is 10.9. The standard InChI is InChI=1S/C9H16O3/c1-9(2,3)6-4-7(10)12-8(11)5-6/h6-7,10H,4-5H2,1-3H3. The molecule has 1 rings (SSSR count). The van der Waals surface area contributed by atoms with Crippen LogP contribution in [0.5, 0.6) is 0 Å². The highest BCUT2D eigenvalue weighted by Crippen LogP contribution is 2.35. The second-order valence-corrected chi connectivity index (χ2v) is 4.45. The molecule has 0 aliphatic carbocycles. The van der Waals surface area contributed by atoms with Crippen molar-refractivity contribution in [1.29, 1.82) is 0 Å². The highest BCUT2D eigenvalue weighted by Gasteiger charge is 2.34. The Labute approximate surface area is 72.7 Å². The van der Waals surface area contributed by atoms with Crippen molar-refractivity contribution in [2.45, 2.75) is 39.9 Å². The lowest BCUT2D eigenvalue weighted by Gasteiger charge is -2.34. The van der Waals surface area contributed by atoms with E-state index in [1.807, 2.05) is 0 Å². The summed E-state index contributed by atoms with van der Waals surface area (Å²) in [5.74, 6) is -0.0533. The van der Waals surface area contributed by atoms with Gasteiger partial charge in [-0.3, -0.25) is 4.79 Å². The molecule has 1 aliphatic rings. The van der Waals surface area contributed by atoms with E-state index in [1.165, 1.54) is 0 Å². The van der Waals surface area contributed by atoms with Crippen molar-refractivity contribution in [3.8, 4) is 0 Å². The minimum atomic E-state index is -0.893. The fourth-order valence-electron chi connectivity index (χ4n) is 1.44. The Kier molecular flexibility index (Phi) is 2.42. The molecule has 0 spiro atoms. The van der Waals surface area contributed by atoms with Crippen LogP contribution in [0.2, 0.25) is 0 Å². The van der Waals surface area contributed by atoms with Gasteiger partial charge in [-0.1, -0.05) is 20.8 Å². The molecule has 3 nitrogen and oxygen atoms in total. The summed E-state index contributed by atoms with van der Waals surface area (Å²) in [4.78, 5) is 10.9. The summed E-state index contributed by atoms with van der Waals surface area (Å²) in [6.07, 6.45) is 0.103. The quantitative estimate of drug-likeness (QED) is 0.560. The summed E-state index contributed by atoms with van der Waals surface area (Å²) in [7, 11) is 0. The number of hydrogen-bond acceptors (Lipinski definition) is 3. The molecular weight excluding hydrogens is 156 g/mol. The number of carbonyl (C=O) groups excluding carboxylic acids is 1. The van der Waals surface area contributed by atoms with Gasteiger partial charge < -0.3 is 9.84 Å². The van der Waals surface area contributed by atoms with Crippen molar-refractivity contribution < 1.29 is 14.6 Å². The van der Waals surface area contributed by atoms with Crippen LogP contribution in [0.1, 0.15) is 33.6 Å². The summed E-state index contributed by atoms with van der Waals surface area (Å²) in [6.45, 7) is 6.22. The van der Waals surface area contributed by atoms with Crippen molar-refractivity contribution >= 4 is 5.97 Å². The second kappa shape index (κ2) is 3.05. The first-order valence-electron chi connectivity index (χ1n) is 4.27. The second-order valence-electron chi connectivity index (χ2n) is 4.45. The first kappa shape index (κ1) is 9.52. The molecule has 0 aromatic carbocycles. The number of hydrogen-bond donors (Lipinski definition) is 1. The van der Waals surface area contributed by atoms with Gasteiger partial charge in [0.05, 0.1) is 0 Å². The molecule has 0 radical (unpaired) electrons. The molecular formula is C9H16O3. The van der Waals surface area contributed by atoms with Gasteiger partial charge in [-0.05, 0) is 11.3 Å². The smallest absolute Gasteiger partial charge is 0.308 e. The van der Waals surface area contributed by atoms with Crippen molar-refractivity contribution in [3.63, 3.8) is 0 Å². The van der Waals surface area contributed by atoms with Crippen LogP contribution in [0, 0.1) is 11.3 Å². The van der Waals surface area contributed by atoms with Crippen LogP contribution in [0.25, 0.3) is 0 Å². The number of esters is 1. The third-order valence-corrected chi connectivity index (χ3v) is 2.39. The van der Waals surface area contributed by atoms with Crippen LogP contribution in [0.3, 0.4) is 0 Å². The Morgan fingerprint density at radius 3 is 2.50 bits per heavy atom. The maximum Gasteiger partial charge on any atom is 0.308 e. The summed E-state index contributed by atoms with van der Waals surface area (Å²) < 4.78 is 4.63. The van der Waals surface area contributed by atoms with Crippen molar-refractivity contribution in [2.24, 2.45) is 11.3 Å². The van der Waals surface area contributed by atoms with Crippen LogP contribution in [-0.4, -0.2) is 17.4 Å². The van der Waals surface area contributed by atoms with E-state index in [4.69, 9.17) is 0 Å². The number of rotatable bonds is 0. The van der Waals surface area contributed by atoms with Gasteiger partial charge >= 0.3 is 5.97 Å². The molecule has 0 aromatic heterocycles. The van der Waals surface area contributed by atoms with Crippen LogP contribution in [0.15, 0.2) is 0 Å². The Balaban J connectivity index is 2.62. The maximum absolute atomic E-state index is 10.9. The molecule has 3 heteroatoms. The van der Waals surface area contributed by atoms with E-state index < -0.39 is 6.29 Å². The Hall–Kier alpha value is -0.570. The minimum Gasteiger partial charge on any atom is -0.436 e. The van der Waals surface area contributed by atoms with E-state index in [2.05, 4.69) is 25.5 Å². The highest BCUT2D eigenvalue weighted by molar-refractivity contribution is 5.70. The third-order valence-electron chi connectivity index (χ3n) is 2.39. The number of aliphatic hydroxyl groups is 1. The lowest BCUT2D eigenvalue weighted by atomic mass is 9.76. The molecule has 0 saturated carbocycles. The largest absolute Gasteiger partial charge is 0.436 e. The number of cyclic esters (lactones) is 1. The average Bonchev–Trinajstić information content (AvgIpc) is 1.82. The normalized spacial score (nSPS) is 31.5. The van der Waals surface area contributed by atoms with Crippen LogP contribution >= 0.6 is 0 Å². The molecule has 12 heavy (non-hydrogen) atoms. The van der Waals surface area contributed by atoms with Gasteiger partial charge in [0, 0.05) is 12.8 Å². The topological polar surface area (TPSA) is 46.5 Å². The number of carbonyl (C=O) groups is 1. The van der Waals surface area contributed by atoms with E-state index in [0.29, 0.717) is 12.8 Å². The zero-order valence-corrected chi connectivity index (χ0v) is 7.83. The lowest BCUT2D eigenvalue weighted by molar-refractivity contribution is -0.185. The summed E-state index contributed by atoms with van der Waals surface area (Å²) in [5.41, 5.74) is 0.0699. The SMILES string of the molecule is CC(C)(C)C1CC(=O)OC(O)C1. The van der Waals surface area contributed by atoms with E-state index in [0.717, 1.165) is 0 Å². The Morgan fingerprint density at radius 1 is 1.50 bits per heavy atom. The molecule has 2 unspecified atom stereocenters. The van der Waals surface area contributed by atoms with Crippen molar-refractivity contribution in [1.82, 2.24) is 0 Å². The summed E-state index contributed by atoms with van der Waals surface area (Å²) in [5, 5.41) is 9.17. The highest BCUT2D eigenvalue weighted by atomic mass is 16.6. The predicted molar refractivity (Wildman–Crippen MR) is 44.3 cm³/mol. The molecule has 1 fully saturated rings. The zero-order chi connectivity index (χ0) is 9.35. The van der Waals surface area contributed by atoms with Gasteiger partial charge in [0.15, 0.2) is 0 Å². The van der Waals surface area contributed by atoms with E-state index in [1.54, 1.807) is 0 Å². The molecule has 1 saturated heterocycles. The Morgan fingerprint density at radius 2 is 2.08 bits per heavy atom. The van der Waals surface area contributed by atoms with Crippen molar-refractivity contribution in [3.05, 3.63) is 0 Å². The summed E-state index contributed by atoms with van der Waals surface area (Å²) in [6, 6.07) is 0. The molecule has 1 heterocycles. The number of aliphatic hydroxyl groups excluding tert-OH is 1. The van der Waals surface area contributed by atoms with Gasteiger partial charge in [0.1, 0.15) is 0 Å². The first-order valence-corrected chi connectivity index (χ1v) is 4.27. The molecule has 2 atom stereocenters. The molecule has 0 amide bonds.